The molecule has 0 radical (unpaired) electrons. The summed E-state index contributed by atoms with van der Waals surface area (Å²) in [5.41, 5.74) is 1.28. The smallest absolute Gasteiger partial charge is 0.322 e. The van der Waals surface area contributed by atoms with Crippen molar-refractivity contribution in [1.82, 2.24) is 0 Å². The molecule has 5 atom stereocenters. The van der Waals surface area contributed by atoms with Gasteiger partial charge in [0, 0.05) is 5.92 Å². The van der Waals surface area contributed by atoms with Crippen LogP contribution >= 0.6 is 0 Å². The molecular weight excluding hydrogens is 558 g/mol. The number of hydrogen-bond donors (Lipinski definition) is 0. The summed E-state index contributed by atoms with van der Waals surface area (Å²) in [4.78, 5) is 50.6. The number of hydrogen-bond acceptors (Lipinski definition) is 7. The van der Waals surface area contributed by atoms with Crippen molar-refractivity contribution in [2.75, 3.05) is 0 Å². The Balaban J connectivity index is 1.28. The van der Waals surface area contributed by atoms with Crippen LogP contribution in [0.4, 0.5) is 8.78 Å². The van der Waals surface area contributed by atoms with Crippen LogP contribution in [0.3, 0.4) is 0 Å². The van der Waals surface area contributed by atoms with Gasteiger partial charge < -0.3 is 14.2 Å². The molecule has 2 aromatic carbocycles. The second kappa shape index (κ2) is 12.2. The highest BCUT2D eigenvalue weighted by Crippen LogP contribution is 2.52. The van der Waals surface area contributed by atoms with Gasteiger partial charge in [-0.25, -0.2) is 4.39 Å². The topological polar surface area (TPSA) is 96.0 Å². The summed E-state index contributed by atoms with van der Waals surface area (Å²) in [6.07, 6.45) is 8.03. The first kappa shape index (κ1) is 29.5. The van der Waals surface area contributed by atoms with E-state index in [1.54, 1.807) is 24.3 Å². The van der Waals surface area contributed by atoms with E-state index < -0.39 is 71.0 Å². The summed E-state index contributed by atoms with van der Waals surface area (Å²) in [5.74, 6) is -9.49. The summed E-state index contributed by atoms with van der Waals surface area (Å²) in [6, 6.07) is 9.62. The molecule has 6 rings (SSSR count). The Morgan fingerprint density at radius 1 is 0.767 bits per heavy atom. The Labute approximate surface area is 249 Å². The zero-order valence-electron chi connectivity index (χ0n) is 24.2. The first-order chi connectivity index (χ1) is 20.8. The molecule has 2 heterocycles. The fourth-order valence-electron chi connectivity index (χ4n) is 7.74. The van der Waals surface area contributed by atoms with Crippen molar-refractivity contribution in [3.63, 3.8) is 0 Å². The summed E-state index contributed by atoms with van der Waals surface area (Å²) in [7, 11) is 0. The van der Waals surface area contributed by atoms with Crippen LogP contribution in [-0.2, 0) is 28.7 Å². The van der Waals surface area contributed by atoms with Crippen molar-refractivity contribution >= 4 is 23.9 Å². The van der Waals surface area contributed by atoms with Crippen LogP contribution in [0.2, 0.25) is 0 Å². The monoisotopic (exact) mass is 594 g/mol. The van der Waals surface area contributed by atoms with Gasteiger partial charge in [-0.1, -0.05) is 69.4 Å². The molecule has 43 heavy (non-hydrogen) atoms. The van der Waals surface area contributed by atoms with E-state index in [1.807, 2.05) is 0 Å². The molecule has 0 amide bonds. The normalized spacial score (nSPS) is 30.1. The molecule has 0 N–H and O–H groups in total. The zero-order valence-corrected chi connectivity index (χ0v) is 24.2. The number of rotatable bonds is 9. The second-order valence-electron chi connectivity index (χ2n) is 12.4. The molecule has 2 saturated heterocycles. The predicted octanol–water partition coefficient (Wildman–Crippen LogP) is 6.63. The van der Waals surface area contributed by atoms with Crippen molar-refractivity contribution < 1.29 is 42.2 Å². The van der Waals surface area contributed by atoms with Crippen molar-refractivity contribution in [2.24, 2.45) is 17.8 Å². The molecule has 7 nitrogen and oxygen atoms in total. The molecule has 2 aliphatic heterocycles. The molecule has 0 aromatic heterocycles. The first-order valence-corrected chi connectivity index (χ1v) is 15.5. The molecular formula is C34H36F2O7. The van der Waals surface area contributed by atoms with Gasteiger partial charge in [0.15, 0.2) is 11.6 Å². The van der Waals surface area contributed by atoms with Crippen LogP contribution in [0.1, 0.15) is 106 Å². The Hall–Kier alpha value is -3.62. The first-order valence-electron chi connectivity index (χ1n) is 15.5. The average molecular weight is 595 g/mol. The van der Waals surface area contributed by atoms with Crippen LogP contribution in [0.25, 0.3) is 0 Å². The number of carbonyl (C=O) groups excluding carboxylic acids is 4. The number of unbranched alkanes of at least 4 members (excludes halogenated alkanes) is 3. The van der Waals surface area contributed by atoms with Gasteiger partial charge in [0.1, 0.15) is 12.0 Å². The van der Waals surface area contributed by atoms with E-state index in [4.69, 9.17) is 14.2 Å². The Bertz CT molecular complexity index is 1430. The molecule has 3 fully saturated rings. The highest BCUT2D eigenvalue weighted by atomic mass is 19.2. The van der Waals surface area contributed by atoms with E-state index in [1.165, 1.54) is 44.2 Å². The van der Waals surface area contributed by atoms with Crippen molar-refractivity contribution in [2.45, 2.75) is 95.0 Å². The summed E-state index contributed by atoms with van der Waals surface area (Å²) < 4.78 is 47.2. The van der Waals surface area contributed by atoms with Gasteiger partial charge in [-0.15, -0.1) is 0 Å². The van der Waals surface area contributed by atoms with Crippen LogP contribution < -0.4 is 4.74 Å². The lowest BCUT2D eigenvalue weighted by Crippen LogP contribution is -2.46. The van der Waals surface area contributed by atoms with Crippen LogP contribution in [0.5, 0.6) is 5.75 Å². The number of ether oxygens (including phenoxy) is 3. The van der Waals surface area contributed by atoms with Crippen molar-refractivity contribution in [3.8, 4) is 5.75 Å². The maximum absolute atomic E-state index is 15.7. The Morgan fingerprint density at radius 2 is 1.51 bits per heavy atom. The molecule has 2 aromatic rings. The Morgan fingerprint density at radius 3 is 2.21 bits per heavy atom. The van der Waals surface area contributed by atoms with E-state index in [0.717, 1.165) is 25.7 Å². The molecule has 1 saturated carbocycles. The number of halogens is 2. The van der Waals surface area contributed by atoms with Gasteiger partial charge in [-0.05, 0) is 60.3 Å². The van der Waals surface area contributed by atoms with E-state index in [-0.39, 0.29) is 12.3 Å². The minimum Gasteiger partial charge on any atom is -0.486 e. The van der Waals surface area contributed by atoms with E-state index in [2.05, 4.69) is 6.92 Å². The lowest BCUT2D eigenvalue weighted by Gasteiger charge is -2.40. The third-order valence-electron chi connectivity index (χ3n) is 9.91. The highest BCUT2D eigenvalue weighted by Gasteiger charge is 2.60. The number of carbonyl (C=O) groups is 4. The maximum atomic E-state index is 15.7. The van der Waals surface area contributed by atoms with Gasteiger partial charge >= 0.3 is 23.9 Å². The number of esters is 4. The van der Waals surface area contributed by atoms with Gasteiger partial charge in [-0.2, -0.15) is 4.39 Å². The molecule has 5 unspecified atom stereocenters. The average Bonchev–Trinajstić information content (AvgIpc) is 3.50. The molecule has 0 spiro atoms. The minimum atomic E-state index is -1.29. The largest absolute Gasteiger partial charge is 0.486 e. The lowest BCUT2D eigenvalue weighted by atomic mass is 9.65. The fraction of sp³-hybridized carbons (Fsp3) is 0.529. The van der Waals surface area contributed by atoms with Crippen LogP contribution in [-0.4, -0.2) is 30.0 Å². The zero-order chi connectivity index (χ0) is 30.2. The van der Waals surface area contributed by atoms with Crippen LogP contribution in [0.15, 0.2) is 36.4 Å². The minimum absolute atomic E-state index is 0.101. The molecule has 228 valence electrons. The number of benzene rings is 2. The molecule has 9 heteroatoms. The van der Waals surface area contributed by atoms with Gasteiger partial charge in [0.25, 0.3) is 0 Å². The van der Waals surface area contributed by atoms with E-state index in [9.17, 15) is 19.2 Å². The fourth-order valence-corrected chi connectivity index (χ4v) is 7.74. The summed E-state index contributed by atoms with van der Waals surface area (Å²) in [5, 5.41) is 0. The summed E-state index contributed by atoms with van der Waals surface area (Å²) in [6.45, 7) is 2.19. The Kier molecular flexibility index (Phi) is 8.34. The molecule has 0 bridgehead atoms. The summed E-state index contributed by atoms with van der Waals surface area (Å²) >= 11 is 0. The van der Waals surface area contributed by atoms with Crippen molar-refractivity contribution in [1.29, 1.82) is 0 Å². The standard InChI is InChI=1S/C34H36F2O7/c1-2-3-4-5-8-18-11-13-19(14-12-18)20-15-16-24(30(36)29(20)35)41-31-26(23-17-25(37)42-32(23)38)21-9-6-7-10-22(21)27-28(31)34(40)43-33(27)39/h6-7,9-10,15-16,18-19,23,26-28,31H,2-5,8,11-14,17H2,1H3. The SMILES string of the molecule is CCCCCCC1CCC(c2ccc(OC3C4C(=O)OC(=O)C4c4ccccc4C3C3CC(=O)OC3=O)c(F)c2F)CC1. The quantitative estimate of drug-likeness (QED) is 0.183. The molecule has 4 aliphatic rings. The van der Waals surface area contributed by atoms with Gasteiger partial charge in [0.05, 0.1) is 18.3 Å². The third-order valence-corrected chi connectivity index (χ3v) is 9.91. The molecule has 2 aliphatic carbocycles. The van der Waals surface area contributed by atoms with E-state index in [0.29, 0.717) is 22.6 Å². The second-order valence-corrected chi connectivity index (χ2v) is 12.4. The lowest BCUT2D eigenvalue weighted by molar-refractivity contribution is -0.156. The van der Waals surface area contributed by atoms with Crippen molar-refractivity contribution in [3.05, 3.63) is 64.7 Å². The van der Waals surface area contributed by atoms with Gasteiger partial charge in [-0.3, -0.25) is 19.2 Å². The van der Waals surface area contributed by atoms with Crippen LogP contribution in [0, 0.1) is 29.4 Å². The van der Waals surface area contributed by atoms with Gasteiger partial charge in [0.2, 0.25) is 5.82 Å². The predicted molar refractivity (Wildman–Crippen MR) is 150 cm³/mol. The third kappa shape index (κ3) is 5.47. The number of fused-ring (bicyclic) bond motifs is 3. The number of cyclic esters (lactones) is 4. The van der Waals surface area contributed by atoms with E-state index >= 15 is 8.78 Å². The maximum Gasteiger partial charge on any atom is 0.322 e. The highest BCUT2D eigenvalue weighted by molar-refractivity contribution is 6.01.